The molecule has 3 aliphatic heterocycles. The molecule has 0 saturated carbocycles. The molecule has 10 nitrogen and oxygen atoms in total. The first kappa shape index (κ1) is 18.8. The minimum absolute atomic E-state index is 0.0456. The second-order valence-corrected chi connectivity index (χ2v) is 9.89. The molecule has 0 aromatic heterocycles. The number of rotatable bonds is 3. The van der Waals surface area contributed by atoms with Gasteiger partial charge < -0.3 is 25.1 Å². The molecule has 2 saturated heterocycles. The predicted molar refractivity (Wildman–Crippen MR) is 94.7 cm³/mol. The van der Waals surface area contributed by atoms with E-state index >= 15 is 0 Å². The van der Waals surface area contributed by atoms with E-state index in [2.05, 4.69) is 5.16 Å². The van der Waals surface area contributed by atoms with Crippen molar-refractivity contribution >= 4 is 39.0 Å². The standard InChI is InChI=1S/C16H15ClN2O8S/c1-16(14(15(23)24)19-10(21)5-11(19)28(16,25)26)9-4-8(27-18-9)6-2-3-7(20)13(22)12(6)17/h2-3,8,11,14,20,22H,4-5H2,1H3,(H,23,24)/t8?,11-,14+,16+/m1/s1. The van der Waals surface area contributed by atoms with Crippen LogP contribution in [-0.4, -0.2) is 62.4 Å². The molecule has 3 N–H and O–H groups in total. The SMILES string of the molecule is C[C@]1(C2=NOC(c3ccc(O)c(O)c3Cl)C2)[C@H](C(=O)O)N2C(=O)C[C@H]2S1(=O)=O. The minimum atomic E-state index is -4.08. The number of aliphatic carboxylic acids is 1. The first-order chi connectivity index (χ1) is 13.0. The third-order valence-electron chi connectivity index (χ3n) is 5.64. The Kier molecular flexibility index (Phi) is 3.86. The number of amides is 1. The van der Waals surface area contributed by atoms with E-state index < -0.39 is 55.5 Å². The number of halogens is 1. The number of sulfone groups is 1. The number of nitrogens with zero attached hydrogens (tertiary/aromatic N) is 2. The molecule has 12 heteroatoms. The number of aromatic hydroxyl groups is 2. The second kappa shape index (κ2) is 5.74. The number of hydrogen-bond donors (Lipinski definition) is 3. The Bertz CT molecular complexity index is 1050. The van der Waals surface area contributed by atoms with Gasteiger partial charge in [-0.1, -0.05) is 16.8 Å². The lowest BCUT2D eigenvalue weighted by Gasteiger charge is -2.35. The van der Waals surface area contributed by atoms with Crippen LogP contribution >= 0.6 is 11.6 Å². The van der Waals surface area contributed by atoms with Crippen LogP contribution in [0.15, 0.2) is 17.3 Å². The molecule has 0 spiro atoms. The molecule has 1 aromatic rings. The Morgan fingerprint density at radius 2 is 2.04 bits per heavy atom. The third-order valence-corrected chi connectivity index (χ3v) is 8.79. The van der Waals surface area contributed by atoms with Crippen molar-refractivity contribution in [3.05, 3.63) is 22.7 Å². The quantitative estimate of drug-likeness (QED) is 0.469. The van der Waals surface area contributed by atoms with Crippen molar-refractivity contribution in [2.24, 2.45) is 5.16 Å². The van der Waals surface area contributed by atoms with E-state index in [1.165, 1.54) is 19.1 Å². The summed E-state index contributed by atoms with van der Waals surface area (Å²) in [6, 6.07) is 0.960. The smallest absolute Gasteiger partial charge is 0.328 e. The van der Waals surface area contributed by atoms with Crippen molar-refractivity contribution in [3.8, 4) is 11.5 Å². The minimum Gasteiger partial charge on any atom is -0.504 e. The molecule has 0 aliphatic carbocycles. The number of phenolic OH excluding ortho intramolecular Hbond substituents is 2. The summed E-state index contributed by atoms with van der Waals surface area (Å²) in [5, 5.41) is 31.4. The zero-order valence-corrected chi connectivity index (χ0v) is 15.9. The highest BCUT2D eigenvalue weighted by Gasteiger charge is 2.72. The average molecular weight is 431 g/mol. The fraction of sp³-hybridized carbons (Fsp3) is 0.438. The van der Waals surface area contributed by atoms with E-state index in [-0.39, 0.29) is 29.1 Å². The fourth-order valence-electron chi connectivity index (χ4n) is 4.01. The average Bonchev–Trinajstić information content (AvgIpc) is 3.15. The lowest BCUT2D eigenvalue weighted by atomic mass is 9.88. The fourth-order valence-corrected chi connectivity index (χ4v) is 6.73. The van der Waals surface area contributed by atoms with Crippen LogP contribution in [0, 0.1) is 0 Å². The Morgan fingerprint density at radius 1 is 1.36 bits per heavy atom. The molecule has 0 radical (unpaired) electrons. The highest BCUT2D eigenvalue weighted by atomic mass is 35.5. The van der Waals surface area contributed by atoms with Gasteiger partial charge in [-0.25, -0.2) is 13.2 Å². The predicted octanol–water partition coefficient (Wildman–Crippen LogP) is 0.767. The Labute approximate surface area is 163 Å². The maximum absolute atomic E-state index is 13.0. The van der Waals surface area contributed by atoms with E-state index in [0.29, 0.717) is 0 Å². The number of hydrogen-bond acceptors (Lipinski definition) is 8. The summed E-state index contributed by atoms with van der Waals surface area (Å²) < 4.78 is 24.1. The van der Waals surface area contributed by atoms with Gasteiger partial charge in [-0.05, 0) is 19.1 Å². The van der Waals surface area contributed by atoms with Crippen LogP contribution < -0.4 is 0 Å². The molecule has 150 valence electrons. The van der Waals surface area contributed by atoms with Gasteiger partial charge >= 0.3 is 5.97 Å². The normalized spacial score (nSPS) is 33.1. The second-order valence-electron chi connectivity index (χ2n) is 7.03. The van der Waals surface area contributed by atoms with Crippen molar-refractivity contribution in [1.29, 1.82) is 0 Å². The monoisotopic (exact) mass is 430 g/mol. The van der Waals surface area contributed by atoms with Gasteiger partial charge in [-0.3, -0.25) is 4.79 Å². The van der Waals surface area contributed by atoms with Gasteiger partial charge in [0.1, 0.15) is 10.1 Å². The maximum Gasteiger partial charge on any atom is 0.328 e. The van der Waals surface area contributed by atoms with Gasteiger partial charge in [0.15, 0.2) is 33.5 Å². The molecule has 3 aliphatic rings. The third kappa shape index (κ3) is 2.14. The number of carbonyl (C=O) groups excluding carboxylic acids is 1. The zero-order valence-electron chi connectivity index (χ0n) is 14.4. The number of benzene rings is 1. The van der Waals surface area contributed by atoms with Crippen molar-refractivity contribution in [1.82, 2.24) is 4.90 Å². The van der Waals surface area contributed by atoms with Gasteiger partial charge in [0, 0.05) is 12.0 Å². The maximum atomic E-state index is 13.0. The zero-order chi connectivity index (χ0) is 20.6. The van der Waals surface area contributed by atoms with E-state index in [4.69, 9.17) is 16.4 Å². The molecule has 4 atom stereocenters. The molecular formula is C16H15ClN2O8S. The molecule has 0 bridgehead atoms. The van der Waals surface area contributed by atoms with Gasteiger partial charge in [-0.15, -0.1) is 0 Å². The molecule has 28 heavy (non-hydrogen) atoms. The summed E-state index contributed by atoms with van der Waals surface area (Å²) in [4.78, 5) is 29.9. The largest absolute Gasteiger partial charge is 0.504 e. The highest BCUT2D eigenvalue weighted by Crippen LogP contribution is 2.50. The van der Waals surface area contributed by atoms with Crippen LogP contribution in [0.3, 0.4) is 0 Å². The molecule has 4 rings (SSSR count). The van der Waals surface area contributed by atoms with Crippen molar-refractivity contribution in [2.45, 2.75) is 42.0 Å². The summed E-state index contributed by atoms with van der Waals surface area (Å²) in [5.74, 6) is -3.00. The molecule has 1 aromatic carbocycles. The van der Waals surface area contributed by atoms with Crippen molar-refractivity contribution in [2.75, 3.05) is 0 Å². The van der Waals surface area contributed by atoms with E-state index in [1.54, 1.807) is 0 Å². The Hall–Kier alpha value is -2.53. The number of carboxylic acid groups (broad SMARTS) is 1. The Morgan fingerprint density at radius 3 is 2.64 bits per heavy atom. The van der Waals surface area contributed by atoms with Crippen LogP contribution in [0.25, 0.3) is 0 Å². The summed E-state index contributed by atoms with van der Waals surface area (Å²) >= 11 is 6.03. The van der Waals surface area contributed by atoms with Crippen LogP contribution in [0.1, 0.15) is 31.4 Å². The van der Waals surface area contributed by atoms with Crippen LogP contribution in [0.5, 0.6) is 11.5 Å². The van der Waals surface area contributed by atoms with Crippen LogP contribution in [0.2, 0.25) is 5.02 Å². The number of carboxylic acids is 1. The summed E-state index contributed by atoms with van der Waals surface area (Å²) in [6.45, 7) is 1.23. The summed E-state index contributed by atoms with van der Waals surface area (Å²) in [5.41, 5.74) is 0.205. The number of oxime groups is 1. The lowest BCUT2D eigenvalue weighted by molar-refractivity contribution is -0.156. The number of β-lactam (4-membered cyclic amide) rings is 1. The molecule has 2 fully saturated rings. The van der Waals surface area contributed by atoms with Crippen molar-refractivity contribution < 1.29 is 38.2 Å². The van der Waals surface area contributed by atoms with Gasteiger partial charge in [0.2, 0.25) is 5.91 Å². The Balaban J connectivity index is 1.72. The molecule has 3 heterocycles. The van der Waals surface area contributed by atoms with Crippen LogP contribution in [0.4, 0.5) is 0 Å². The molecule has 1 unspecified atom stereocenters. The number of phenols is 2. The lowest BCUT2D eigenvalue weighted by Crippen LogP contribution is -2.58. The van der Waals surface area contributed by atoms with Gasteiger partial charge in [-0.2, -0.15) is 0 Å². The van der Waals surface area contributed by atoms with Gasteiger partial charge in [0.25, 0.3) is 0 Å². The van der Waals surface area contributed by atoms with Crippen molar-refractivity contribution in [3.63, 3.8) is 0 Å². The van der Waals surface area contributed by atoms with Crippen LogP contribution in [-0.2, 0) is 24.3 Å². The van der Waals surface area contributed by atoms with E-state index in [9.17, 15) is 33.3 Å². The first-order valence-electron chi connectivity index (χ1n) is 8.22. The van der Waals surface area contributed by atoms with Gasteiger partial charge in [0.05, 0.1) is 17.2 Å². The van der Waals surface area contributed by atoms with E-state index in [0.717, 1.165) is 4.90 Å². The molecular weight excluding hydrogens is 416 g/mol. The van der Waals surface area contributed by atoms with E-state index in [1.807, 2.05) is 0 Å². The topological polar surface area (TPSA) is 154 Å². The molecule has 1 amide bonds. The first-order valence-corrected chi connectivity index (χ1v) is 10.1. The number of carbonyl (C=O) groups is 2. The number of fused-ring (bicyclic) bond motifs is 1. The highest BCUT2D eigenvalue weighted by molar-refractivity contribution is 7.94. The summed E-state index contributed by atoms with van der Waals surface area (Å²) in [6.07, 6.45) is -1.27. The summed E-state index contributed by atoms with van der Waals surface area (Å²) in [7, 11) is -4.08.